The molecule has 0 aliphatic carbocycles. The van der Waals surface area contributed by atoms with Gasteiger partial charge in [0.05, 0.1) is 24.3 Å². The van der Waals surface area contributed by atoms with Gasteiger partial charge in [0.15, 0.2) is 0 Å². The molecule has 0 spiro atoms. The van der Waals surface area contributed by atoms with Gasteiger partial charge in [0.25, 0.3) is 0 Å². The first-order valence-corrected chi connectivity index (χ1v) is 4.26. The fraction of sp³-hybridized carbons (Fsp3) is 0.143. The molecule has 2 aromatic heterocycles. The lowest BCUT2D eigenvalue weighted by Gasteiger charge is -2.02. The van der Waals surface area contributed by atoms with Crippen molar-refractivity contribution in [3.8, 4) is 0 Å². The molecule has 2 aromatic rings. The monoisotopic (exact) mass is 181 g/mol. The van der Waals surface area contributed by atoms with E-state index in [4.69, 9.17) is 10.2 Å². The van der Waals surface area contributed by atoms with Crippen LogP contribution in [-0.4, -0.2) is 9.59 Å². The van der Waals surface area contributed by atoms with Crippen molar-refractivity contribution in [1.29, 1.82) is 0 Å². The van der Waals surface area contributed by atoms with Crippen LogP contribution < -0.4 is 5.73 Å². The van der Waals surface area contributed by atoms with Crippen LogP contribution in [0.15, 0.2) is 28.4 Å². The van der Waals surface area contributed by atoms with Crippen LogP contribution in [-0.2, 0) is 0 Å². The van der Waals surface area contributed by atoms with Gasteiger partial charge in [-0.3, -0.25) is 0 Å². The van der Waals surface area contributed by atoms with E-state index in [1.807, 2.05) is 11.4 Å². The third-order valence-electron chi connectivity index (χ3n) is 1.60. The maximum Gasteiger partial charge on any atom is 0.0969 e. The third kappa shape index (κ3) is 1.24. The zero-order valence-corrected chi connectivity index (χ0v) is 6.99. The van der Waals surface area contributed by atoms with Crippen LogP contribution >= 0.6 is 11.5 Å². The molecule has 0 bridgehead atoms. The highest BCUT2D eigenvalue weighted by atomic mass is 32.1. The van der Waals surface area contributed by atoms with E-state index in [0.717, 1.165) is 11.3 Å². The molecular weight excluding hydrogens is 174 g/mol. The molecule has 1 atom stereocenters. The molecule has 4 nitrogen and oxygen atoms in total. The van der Waals surface area contributed by atoms with Crippen LogP contribution in [0.1, 0.15) is 17.3 Å². The third-order valence-corrected chi connectivity index (χ3v) is 2.12. The number of furan rings is 1. The molecule has 0 fully saturated rings. The molecule has 5 heteroatoms. The molecule has 12 heavy (non-hydrogen) atoms. The summed E-state index contributed by atoms with van der Waals surface area (Å²) in [6.07, 6.45) is 3.21. The van der Waals surface area contributed by atoms with Gasteiger partial charge < -0.3 is 10.2 Å². The number of nitrogens with zero attached hydrogens (tertiary/aromatic N) is 2. The predicted octanol–water partition coefficient (Wildman–Crippen LogP) is 1.18. The predicted molar refractivity (Wildman–Crippen MR) is 44.6 cm³/mol. The molecule has 2 heterocycles. The van der Waals surface area contributed by atoms with Gasteiger partial charge in [-0.15, -0.1) is 5.10 Å². The molecule has 2 rings (SSSR count). The Labute approximate surface area is 73.2 Å². The minimum Gasteiger partial charge on any atom is -0.472 e. The van der Waals surface area contributed by atoms with Crippen molar-refractivity contribution in [2.45, 2.75) is 6.04 Å². The molecule has 0 amide bonds. The minimum absolute atomic E-state index is 0.220. The normalized spacial score (nSPS) is 13.1. The van der Waals surface area contributed by atoms with Crippen molar-refractivity contribution in [3.63, 3.8) is 0 Å². The van der Waals surface area contributed by atoms with Gasteiger partial charge in [-0.2, -0.15) is 0 Å². The first-order valence-electron chi connectivity index (χ1n) is 3.42. The minimum atomic E-state index is -0.220. The Morgan fingerprint density at radius 3 is 3.08 bits per heavy atom. The molecular formula is C7H7N3OS. The van der Waals surface area contributed by atoms with Crippen LogP contribution in [0, 0.1) is 0 Å². The first kappa shape index (κ1) is 7.45. The smallest absolute Gasteiger partial charge is 0.0969 e. The number of aromatic nitrogens is 2. The summed E-state index contributed by atoms with van der Waals surface area (Å²) < 4.78 is 8.64. The summed E-state index contributed by atoms with van der Waals surface area (Å²) >= 11 is 1.29. The van der Waals surface area contributed by atoms with E-state index in [9.17, 15) is 0 Å². The van der Waals surface area contributed by atoms with Crippen molar-refractivity contribution in [2.75, 3.05) is 0 Å². The van der Waals surface area contributed by atoms with Gasteiger partial charge in [-0.05, 0) is 17.6 Å². The Hall–Kier alpha value is -1.20. The van der Waals surface area contributed by atoms with E-state index in [2.05, 4.69) is 9.59 Å². The molecule has 1 unspecified atom stereocenters. The second-order valence-corrected chi connectivity index (χ2v) is 2.97. The standard InChI is InChI=1S/C7H7N3OS/c8-7(5-1-2-11-3-5)6-4-12-10-9-6/h1-4,7H,8H2. The van der Waals surface area contributed by atoms with E-state index in [1.54, 1.807) is 12.5 Å². The van der Waals surface area contributed by atoms with Crippen molar-refractivity contribution in [2.24, 2.45) is 5.73 Å². The van der Waals surface area contributed by atoms with E-state index in [-0.39, 0.29) is 6.04 Å². The molecule has 0 aliphatic heterocycles. The van der Waals surface area contributed by atoms with Crippen molar-refractivity contribution < 1.29 is 4.42 Å². The molecule has 62 valence electrons. The summed E-state index contributed by atoms with van der Waals surface area (Å²) in [5.74, 6) is 0. The fourth-order valence-corrected chi connectivity index (χ4v) is 1.42. The molecule has 0 aromatic carbocycles. The zero-order valence-electron chi connectivity index (χ0n) is 6.18. The number of hydrogen-bond acceptors (Lipinski definition) is 5. The lowest BCUT2D eigenvalue weighted by molar-refractivity contribution is 0.561. The Kier molecular flexibility index (Phi) is 1.89. The summed E-state index contributed by atoms with van der Waals surface area (Å²) in [4.78, 5) is 0. The Bertz CT molecular complexity index is 295. The number of hydrogen-bond donors (Lipinski definition) is 1. The highest BCUT2D eigenvalue weighted by Gasteiger charge is 2.11. The van der Waals surface area contributed by atoms with Gasteiger partial charge in [0.2, 0.25) is 0 Å². The SMILES string of the molecule is NC(c1ccoc1)c1csnn1. The maximum absolute atomic E-state index is 5.85. The summed E-state index contributed by atoms with van der Waals surface area (Å²) in [7, 11) is 0. The quantitative estimate of drug-likeness (QED) is 0.755. The van der Waals surface area contributed by atoms with Gasteiger partial charge in [-0.25, -0.2) is 0 Å². The first-order chi connectivity index (χ1) is 5.88. The van der Waals surface area contributed by atoms with Crippen LogP contribution in [0.5, 0.6) is 0 Å². The topological polar surface area (TPSA) is 64.9 Å². The van der Waals surface area contributed by atoms with E-state index in [1.165, 1.54) is 11.5 Å². The Morgan fingerprint density at radius 2 is 2.50 bits per heavy atom. The van der Waals surface area contributed by atoms with E-state index < -0.39 is 0 Å². The number of nitrogens with two attached hydrogens (primary N) is 1. The highest BCUT2D eigenvalue weighted by Crippen LogP contribution is 2.17. The van der Waals surface area contributed by atoms with Crippen LogP contribution in [0.25, 0.3) is 0 Å². The zero-order chi connectivity index (χ0) is 8.39. The maximum atomic E-state index is 5.85. The molecule has 0 aliphatic rings. The van der Waals surface area contributed by atoms with Crippen molar-refractivity contribution in [3.05, 3.63) is 35.2 Å². The lowest BCUT2D eigenvalue weighted by atomic mass is 10.1. The second-order valence-electron chi connectivity index (χ2n) is 2.36. The average molecular weight is 181 g/mol. The van der Waals surface area contributed by atoms with Crippen LogP contribution in [0.2, 0.25) is 0 Å². The lowest BCUT2D eigenvalue weighted by Crippen LogP contribution is -2.11. The number of rotatable bonds is 2. The molecule has 0 saturated heterocycles. The van der Waals surface area contributed by atoms with Crippen LogP contribution in [0.4, 0.5) is 0 Å². The van der Waals surface area contributed by atoms with E-state index >= 15 is 0 Å². The van der Waals surface area contributed by atoms with Gasteiger partial charge in [0.1, 0.15) is 0 Å². The summed E-state index contributed by atoms with van der Waals surface area (Å²) in [5, 5.41) is 5.70. The average Bonchev–Trinajstić information content (AvgIpc) is 2.77. The fourth-order valence-electron chi connectivity index (χ4n) is 0.930. The van der Waals surface area contributed by atoms with Crippen molar-refractivity contribution >= 4 is 11.5 Å². The summed E-state index contributed by atoms with van der Waals surface area (Å²) in [6, 6.07) is 1.60. The molecule has 2 N–H and O–H groups in total. The highest BCUT2D eigenvalue weighted by molar-refractivity contribution is 7.03. The summed E-state index contributed by atoms with van der Waals surface area (Å²) in [5.41, 5.74) is 7.55. The van der Waals surface area contributed by atoms with Gasteiger partial charge in [0, 0.05) is 10.9 Å². The Morgan fingerprint density at radius 1 is 1.58 bits per heavy atom. The Balaban J connectivity index is 2.27. The molecule has 0 radical (unpaired) electrons. The van der Waals surface area contributed by atoms with Gasteiger partial charge in [-0.1, -0.05) is 4.49 Å². The van der Waals surface area contributed by atoms with Crippen molar-refractivity contribution in [1.82, 2.24) is 9.59 Å². The largest absolute Gasteiger partial charge is 0.472 e. The van der Waals surface area contributed by atoms with E-state index in [0.29, 0.717) is 0 Å². The van der Waals surface area contributed by atoms with Gasteiger partial charge >= 0.3 is 0 Å². The second kappa shape index (κ2) is 3.04. The van der Waals surface area contributed by atoms with Crippen LogP contribution in [0.3, 0.4) is 0 Å². The molecule has 0 saturated carbocycles. The summed E-state index contributed by atoms with van der Waals surface area (Å²) in [6.45, 7) is 0.